The quantitative estimate of drug-likeness (QED) is 0.257. The van der Waals surface area contributed by atoms with Crippen molar-refractivity contribution < 1.29 is 9.53 Å². The summed E-state index contributed by atoms with van der Waals surface area (Å²) in [5.74, 6) is 0.241. The average Bonchev–Trinajstić information content (AvgIpc) is 2.62. The molecule has 1 amide bonds. The molecule has 0 saturated heterocycles. The molecule has 3 nitrogen and oxygen atoms in total. The van der Waals surface area contributed by atoms with Gasteiger partial charge < -0.3 is 10.1 Å². The van der Waals surface area contributed by atoms with Crippen molar-refractivity contribution in [3.05, 3.63) is 0 Å². The summed E-state index contributed by atoms with van der Waals surface area (Å²) in [6, 6.07) is 0. The Hall–Kier alpha value is -0.570. The third-order valence-corrected chi connectivity index (χ3v) is 4.75. The molecular weight excluding hydrogens is 310 g/mol. The average molecular weight is 356 g/mol. The highest BCUT2D eigenvalue weighted by molar-refractivity contribution is 5.75. The molecule has 0 aromatic rings. The topological polar surface area (TPSA) is 38.3 Å². The number of nitrogens with one attached hydrogen (secondary N) is 1. The fourth-order valence-electron chi connectivity index (χ4n) is 3.09. The molecule has 0 aliphatic rings. The van der Waals surface area contributed by atoms with Crippen LogP contribution >= 0.6 is 0 Å². The molecule has 0 aromatic heterocycles. The molecule has 150 valence electrons. The Morgan fingerprint density at radius 3 is 1.80 bits per heavy atom. The van der Waals surface area contributed by atoms with E-state index in [0.717, 1.165) is 39.0 Å². The van der Waals surface area contributed by atoms with Crippen LogP contribution in [0.1, 0.15) is 117 Å². The number of carbonyl (C=O) groups is 1. The van der Waals surface area contributed by atoms with E-state index in [1.807, 2.05) is 6.92 Å². The van der Waals surface area contributed by atoms with Crippen LogP contribution < -0.4 is 5.32 Å². The van der Waals surface area contributed by atoms with E-state index in [0.29, 0.717) is 6.42 Å². The number of amides is 1. The van der Waals surface area contributed by atoms with Crippen molar-refractivity contribution >= 4 is 5.91 Å². The molecule has 0 aliphatic carbocycles. The van der Waals surface area contributed by atoms with Gasteiger partial charge in [-0.05, 0) is 26.2 Å². The lowest BCUT2D eigenvalue weighted by molar-refractivity contribution is -0.121. The molecular formula is C22H45NO2. The minimum Gasteiger partial charge on any atom is -0.382 e. The van der Waals surface area contributed by atoms with Crippen molar-refractivity contribution in [3.8, 4) is 0 Å². The first-order valence-corrected chi connectivity index (χ1v) is 11.2. The summed E-state index contributed by atoms with van der Waals surface area (Å²) in [5, 5.41) is 3.05. The zero-order chi connectivity index (χ0) is 18.4. The molecule has 0 saturated carbocycles. The summed E-state index contributed by atoms with van der Waals surface area (Å²) < 4.78 is 5.31. The first-order valence-electron chi connectivity index (χ1n) is 11.2. The third kappa shape index (κ3) is 21.4. The monoisotopic (exact) mass is 355 g/mol. The number of ether oxygens (including phenoxy) is 1. The maximum Gasteiger partial charge on any atom is 0.219 e. The Kier molecular flexibility index (Phi) is 21.0. The van der Waals surface area contributed by atoms with Gasteiger partial charge in [-0.25, -0.2) is 0 Å². The van der Waals surface area contributed by atoms with Crippen LogP contribution in [0.4, 0.5) is 0 Å². The summed E-state index contributed by atoms with van der Waals surface area (Å²) in [7, 11) is 0. The number of carbonyl (C=O) groups excluding carboxylic acids is 1. The van der Waals surface area contributed by atoms with E-state index in [4.69, 9.17) is 4.74 Å². The van der Waals surface area contributed by atoms with Crippen LogP contribution in [0.15, 0.2) is 0 Å². The van der Waals surface area contributed by atoms with Crippen molar-refractivity contribution in [1.29, 1.82) is 0 Å². The van der Waals surface area contributed by atoms with E-state index in [9.17, 15) is 4.79 Å². The van der Waals surface area contributed by atoms with Crippen molar-refractivity contribution in [1.82, 2.24) is 5.32 Å². The lowest BCUT2D eigenvalue weighted by atomic mass is 10.1. The van der Waals surface area contributed by atoms with Crippen molar-refractivity contribution in [2.24, 2.45) is 0 Å². The Morgan fingerprint density at radius 1 is 0.680 bits per heavy atom. The smallest absolute Gasteiger partial charge is 0.219 e. The van der Waals surface area contributed by atoms with Crippen molar-refractivity contribution in [2.75, 3.05) is 19.8 Å². The van der Waals surface area contributed by atoms with E-state index in [2.05, 4.69) is 12.2 Å². The van der Waals surface area contributed by atoms with E-state index in [1.54, 1.807) is 0 Å². The predicted molar refractivity (Wildman–Crippen MR) is 109 cm³/mol. The van der Waals surface area contributed by atoms with E-state index in [1.165, 1.54) is 77.0 Å². The van der Waals surface area contributed by atoms with Gasteiger partial charge in [-0.3, -0.25) is 4.79 Å². The van der Waals surface area contributed by atoms with Crippen LogP contribution in [0, 0.1) is 0 Å². The molecule has 25 heavy (non-hydrogen) atoms. The Bertz CT molecular complexity index is 269. The van der Waals surface area contributed by atoms with Gasteiger partial charge in [-0.15, -0.1) is 0 Å². The zero-order valence-electron chi connectivity index (χ0n) is 17.3. The normalized spacial score (nSPS) is 11.0. The number of hydrogen-bond acceptors (Lipinski definition) is 2. The Balaban J connectivity index is 3.13. The van der Waals surface area contributed by atoms with Crippen LogP contribution in [0.2, 0.25) is 0 Å². The first-order chi connectivity index (χ1) is 12.3. The van der Waals surface area contributed by atoms with E-state index in [-0.39, 0.29) is 5.91 Å². The van der Waals surface area contributed by atoms with Gasteiger partial charge in [-0.1, -0.05) is 84.0 Å². The largest absolute Gasteiger partial charge is 0.382 e. The third-order valence-electron chi connectivity index (χ3n) is 4.75. The van der Waals surface area contributed by atoms with Crippen molar-refractivity contribution in [3.63, 3.8) is 0 Å². The van der Waals surface area contributed by atoms with Gasteiger partial charge in [-0.2, -0.15) is 0 Å². The fraction of sp³-hybridized carbons (Fsp3) is 0.955. The Labute approximate surface area is 157 Å². The number of rotatable bonds is 20. The molecule has 0 spiro atoms. The molecule has 0 unspecified atom stereocenters. The lowest BCUT2D eigenvalue weighted by Crippen LogP contribution is -2.23. The fourth-order valence-corrected chi connectivity index (χ4v) is 3.09. The molecule has 0 heterocycles. The van der Waals surface area contributed by atoms with Crippen LogP contribution in [0.25, 0.3) is 0 Å². The first kappa shape index (κ1) is 24.4. The van der Waals surface area contributed by atoms with Crippen LogP contribution in [0.3, 0.4) is 0 Å². The Morgan fingerprint density at radius 2 is 1.20 bits per heavy atom. The molecule has 0 bridgehead atoms. The molecule has 0 aromatic carbocycles. The summed E-state index contributed by atoms with van der Waals surface area (Å²) in [6.45, 7) is 6.83. The highest BCUT2D eigenvalue weighted by Crippen LogP contribution is 2.11. The van der Waals surface area contributed by atoms with Crippen LogP contribution in [-0.4, -0.2) is 25.7 Å². The van der Waals surface area contributed by atoms with E-state index < -0.39 is 0 Å². The molecule has 0 atom stereocenters. The molecule has 0 aliphatic heterocycles. The maximum absolute atomic E-state index is 11.7. The van der Waals surface area contributed by atoms with Crippen molar-refractivity contribution in [2.45, 2.75) is 117 Å². The maximum atomic E-state index is 11.7. The minimum atomic E-state index is 0.241. The second kappa shape index (κ2) is 21.5. The number of hydrogen-bond donors (Lipinski definition) is 1. The SMILES string of the molecule is CCCCCCCCCCCCCC(=O)NCCCCCCOCC. The zero-order valence-corrected chi connectivity index (χ0v) is 17.3. The summed E-state index contributed by atoms with van der Waals surface area (Å²) in [5.41, 5.74) is 0. The minimum absolute atomic E-state index is 0.241. The molecule has 0 fully saturated rings. The summed E-state index contributed by atoms with van der Waals surface area (Å²) in [4.78, 5) is 11.7. The van der Waals surface area contributed by atoms with E-state index >= 15 is 0 Å². The standard InChI is InChI=1S/C22H45NO2/c1-3-5-6-7-8-9-10-11-12-13-16-19-22(24)23-20-17-14-15-18-21-25-4-2/h3-21H2,1-2H3,(H,23,24). The van der Waals surface area contributed by atoms with Gasteiger partial charge in [0.1, 0.15) is 0 Å². The van der Waals surface area contributed by atoms with Gasteiger partial charge in [0.25, 0.3) is 0 Å². The summed E-state index contributed by atoms with van der Waals surface area (Å²) >= 11 is 0. The van der Waals surface area contributed by atoms with Gasteiger partial charge in [0.2, 0.25) is 5.91 Å². The molecule has 0 rings (SSSR count). The van der Waals surface area contributed by atoms with Gasteiger partial charge in [0.15, 0.2) is 0 Å². The van der Waals surface area contributed by atoms with Crippen LogP contribution in [-0.2, 0) is 9.53 Å². The van der Waals surface area contributed by atoms with Crippen LogP contribution in [0.5, 0.6) is 0 Å². The molecule has 0 radical (unpaired) electrons. The molecule has 1 N–H and O–H groups in total. The highest BCUT2D eigenvalue weighted by atomic mass is 16.5. The summed E-state index contributed by atoms with van der Waals surface area (Å²) in [6.07, 6.45) is 20.0. The highest BCUT2D eigenvalue weighted by Gasteiger charge is 2.00. The predicted octanol–water partition coefficient (Wildman–Crippen LogP) is 6.40. The number of unbranched alkanes of at least 4 members (excludes halogenated alkanes) is 13. The second-order valence-corrected chi connectivity index (χ2v) is 7.25. The van der Waals surface area contributed by atoms with Gasteiger partial charge in [0.05, 0.1) is 0 Å². The lowest BCUT2D eigenvalue weighted by Gasteiger charge is -2.06. The van der Waals surface area contributed by atoms with Gasteiger partial charge >= 0.3 is 0 Å². The van der Waals surface area contributed by atoms with Gasteiger partial charge in [0, 0.05) is 26.2 Å². The molecule has 3 heteroatoms. The second-order valence-electron chi connectivity index (χ2n) is 7.25.